The lowest BCUT2D eigenvalue weighted by Gasteiger charge is -2.36. The Labute approximate surface area is 180 Å². The van der Waals surface area contributed by atoms with Gasteiger partial charge in [0.15, 0.2) is 0 Å². The zero-order valence-corrected chi connectivity index (χ0v) is 18.8. The molecule has 0 radical (unpaired) electrons. The van der Waals surface area contributed by atoms with Gasteiger partial charge in [0.25, 0.3) is 0 Å². The lowest BCUT2D eigenvalue weighted by molar-refractivity contribution is -0.122. The fourth-order valence-electron chi connectivity index (χ4n) is 4.14. The summed E-state index contributed by atoms with van der Waals surface area (Å²) in [5, 5.41) is 3.21. The number of carbonyl (C=O) groups is 1. The standard InChI is InChI=1S/C23H36N6O/c1-17(2)8-7-9-18(3)25-22(30)15-20-10-5-6-12-29(20)21-14-19(4)26-23(27-21)28-13-11-24-16-28/h11,13-14,16-18,20H,5-10,12,15H2,1-4H3,(H,25,30). The van der Waals surface area contributed by atoms with Crippen LogP contribution in [0.1, 0.15) is 71.4 Å². The van der Waals surface area contributed by atoms with Gasteiger partial charge in [0.1, 0.15) is 12.1 Å². The highest BCUT2D eigenvalue weighted by Crippen LogP contribution is 2.26. The third-order valence-electron chi connectivity index (χ3n) is 5.73. The highest BCUT2D eigenvalue weighted by molar-refractivity contribution is 5.77. The van der Waals surface area contributed by atoms with Crippen molar-refractivity contribution < 1.29 is 4.79 Å². The van der Waals surface area contributed by atoms with E-state index in [2.05, 4.69) is 41.0 Å². The average Bonchev–Trinajstić information content (AvgIpc) is 3.22. The van der Waals surface area contributed by atoms with Gasteiger partial charge in [-0.3, -0.25) is 9.36 Å². The van der Waals surface area contributed by atoms with Crippen LogP contribution in [0.2, 0.25) is 0 Å². The first-order chi connectivity index (χ1) is 14.4. The molecular weight excluding hydrogens is 376 g/mol. The van der Waals surface area contributed by atoms with E-state index in [1.54, 1.807) is 12.5 Å². The maximum absolute atomic E-state index is 12.7. The van der Waals surface area contributed by atoms with Crippen LogP contribution < -0.4 is 10.2 Å². The molecule has 0 aromatic carbocycles. The second kappa shape index (κ2) is 10.5. The van der Waals surface area contributed by atoms with Crippen LogP contribution in [0.3, 0.4) is 0 Å². The normalized spacial score (nSPS) is 17.9. The number of amides is 1. The molecule has 2 aromatic heterocycles. The van der Waals surface area contributed by atoms with Crippen molar-refractivity contribution in [3.8, 4) is 5.95 Å². The summed E-state index contributed by atoms with van der Waals surface area (Å²) in [5.41, 5.74) is 0.913. The van der Waals surface area contributed by atoms with Gasteiger partial charge < -0.3 is 10.2 Å². The van der Waals surface area contributed by atoms with Crippen molar-refractivity contribution in [3.63, 3.8) is 0 Å². The van der Waals surface area contributed by atoms with E-state index in [1.165, 1.54) is 6.42 Å². The Morgan fingerprint density at radius 2 is 2.07 bits per heavy atom. The molecule has 0 bridgehead atoms. The van der Waals surface area contributed by atoms with Crippen molar-refractivity contribution in [1.82, 2.24) is 24.8 Å². The number of hydrogen-bond acceptors (Lipinski definition) is 5. The first-order valence-electron chi connectivity index (χ1n) is 11.3. The summed E-state index contributed by atoms with van der Waals surface area (Å²) in [6.45, 7) is 9.50. The Balaban J connectivity index is 1.64. The number of hydrogen-bond donors (Lipinski definition) is 1. The Hall–Kier alpha value is -2.44. The van der Waals surface area contributed by atoms with Gasteiger partial charge >= 0.3 is 0 Å². The van der Waals surface area contributed by atoms with E-state index >= 15 is 0 Å². The quantitative estimate of drug-likeness (QED) is 0.672. The van der Waals surface area contributed by atoms with Gasteiger partial charge in [0.05, 0.1) is 0 Å². The maximum atomic E-state index is 12.7. The summed E-state index contributed by atoms with van der Waals surface area (Å²) in [4.78, 5) is 28.5. The predicted octanol–water partition coefficient (Wildman–Crippen LogP) is 4.05. The fourth-order valence-corrected chi connectivity index (χ4v) is 4.14. The van der Waals surface area contributed by atoms with Gasteiger partial charge in [-0.25, -0.2) is 9.97 Å². The highest BCUT2D eigenvalue weighted by atomic mass is 16.1. The van der Waals surface area contributed by atoms with Crippen LogP contribution in [0.25, 0.3) is 5.95 Å². The van der Waals surface area contributed by atoms with E-state index < -0.39 is 0 Å². The van der Waals surface area contributed by atoms with Crippen LogP contribution in [-0.2, 0) is 4.79 Å². The van der Waals surface area contributed by atoms with Crippen molar-refractivity contribution in [3.05, 3.63) is 30.5 Å². The molecule has 1 saturated heterocycles. The SMILES string of the molecule is Cc1cc(N2CCCCC2CC(=O)NC(C)CCCC(C)C)nc(-n2ccnc2)n1. The Kier molecular flexibility index (Phi) is 7.82. The van der Waals surface area contributed by atoms with E-state index in [0.717, 1.165) is 50.2 Å². The molecule has 0 aliphatic carbocycles. The fraction of sp³-hybridized carbons (Fsp3) is 0.652. The Morgan fingerprint density at radius 3 is 2.80 bits per heavy atom. The zero-order chi connectivity index (χ0) is 21.5. The topological polar surface area (TPSA) is 75.9 Å². The first-order valence-corrected chi connectivity index (χ1v) is 11.3. The van der Waals surface area contributed by atoms with Crippen molar-refractivity contribution in [1.29, 1.82) is 0 Å². The molecule has 0 saturated carbocycles. The lowest BCUT2D eigenvalue weighted by atomic mass is 9.98. The highest BCUT2D eigenvalue weighted by Gasteiger charge is 2.27. The molecule has 2 unspecified atom stereocenters. The van der Waals surface area contributed by atoms with Crippen molar-refractivity contribution in [2.75, 3.05) is 11.4 Å². The molecule has 7 nitrogen and oxygen atoms in total. The van der Waals surface area contributed by atoms with Crippen LogP contribution in [-0.4, -0.2) is 44.1 Å². The number of piperidine rings is 1. The van der Waals surface area contributed by atoms with E-state index in [0.29, 0.717) is 18.3 Å². The van der Waals surface area contributed by atoms with Gasteiger partial charge in [0.2, 0.25) is 11.9 Å². The number of anilines is 1. The molecular formula is C23H36N6O. The van der Waals surface area contributed by atoms with Crippen LogP contribution in [0, 0.1) is 12.8 Å². The van der Waals surface area contributed by atoms with Crippen LogP contribution in [0.5, 0.6) is 0 Å². The number of rotatable bonds is 9. The van der Waals surface area contributed by atoms with Gasteiger partial charge in [-0.2, -0.15) is 4.98 Å². The molecule has 3 rings (SSSR count). The maximum Gasteiger partial charge on any atom is 0.237 e. The molecule has 0 spiro atoms. The minimum absolute atomic E-state index is 0.143. The molecule has 3 heterocycles. The molecule has 1 N–H and O–H groups in total. The molecule has 2 atom stereocenters. The minimum atomic E-state index is 0.143. The summed E-state index contributed by atoms with van der Waals surface area (Å²) in [5.74, 6) is 2.38. The van der Waals surface area contributed by atoms with Gasteiger partial charge in [-0.15, -0.1) is 0 Å². The average molecular weight is 413 g/mol. The first kappa shape index (κ1) is 22.2. The zero-order valence-electron chi connectivity index (χ0n) is 18.8. The number of imidazole rings is 1. The molecule has 1 aliphatic rings. The van der Waals surface area contributed by atoms with Crippen LogP contribution in [0.4, 0.5) is 5.82 Å². The van der Waals surface area contributed by atoms with Crippen LogP contribution in [0.15, 0.2) is 24.8 Å². The molecule has 1 fully saturated rings. The third kappa shape index (κ3) is 6.28. The Morgan fingerprint density at radius 1 is 1.23 bits per heavy atom. The predicted molar refractivity (Wildman–Crippen MR) is 120 cm³/mol. The van der Waals surface area contributed by atoms with E-state index in [-0.39, 0.29) is 18.0 Å². The lowest BCUT2D eigenvalue weighted by Crippen LogP contribution is -2.44. The Bertz CT molecular complexity index is 804. The second-order valence-electron chi connectivity index (χ2n) is 8.98. The smallest absolute Gasteiger partial charge is 0.237 e. The molecule has 1 aliphatic heterocycles. The molecule has 1 amide bonds. The number of aryl methyl sites for hydroxylation is 1. The molecule has 30 heavy (non-hydrogen) atoms. The summed E-state index contributed by atoms with van der Waals surface area (Å²) < 4.78 is 1.82. The van der Waals surface area contributed by atoms with E-state index in [1.807, 2.05) is 23.8 Å². The van der Waals surface area contributed by atoms with Gasteiger partial charge in [0, 0.05) is 49.2 Å². The molecule has 164 valence electrons. The summed E-state index contributed by atoms with van der Waals surface area (Å²) >= 11 is 0. The van der Waals surface area contributed by atoms with Gasteiger partial charge in [-0.1, -0.05) is 26.7 Å². The van der Waals surface area contributed by atoms with Crippen molar-refractivity contribution in [2.24, 2.45) is 5.92 Å². The third-order valence-corrected chi connectivity index (χ3v) is 5.73. The number of carbonyl (C=O) groups excluding carboxylic acids is 1. The van der Waals surface area contributed by atoms with Crippen molar-refractivity contribution in [2.45, 2.75) is 84.7 Å². The number of aromatic nitrogens is 4. The van der Waals surface area contributed by atoms with Crippen molar-refractivity contribution >= 4 is 11.7 Å². The monoisotopic (exact) mass is 412 g/mol. The van der Waals surface area contributed by atoms with Gasteiger partial charge in [-0.05, 0) is 45.4 Å². The second-order valence-corrected chi connectivity index (χ2v) is 8.98. The molecule has 7 heteroatoms. The summed E-state index contributed by atoms with van der Waals surface area (Å²) in [6, 6.07) is 2.42. The molecule has 2 aromatic rings. The van der Waals surface area contributed by atoms with Crippen LogP contribution >= 0.6 is 0 Å². The number of nitrogens with one attached hydrogen (secondary N) is 1. The minimum Gasteiger partial charge on any atom is -0.354 e. The summed E-state index contributed by atoms with van der Waals surface area (Å²) in [6.07, 6.45) is 12.5. The summed E-state index contributed by atoms with van der Waals surface area (Å²) in [7, 11) is 0. The largest absolute Gasteiger partial charge is 0.354 e. The number of nitrogens with zero attached hydrogens (tertiary/aromatic N) is 5. The van der Waals surface area contributed by atoms with E-state index in [9.17, 15) is 4.79 Å². The van der Waals surface area contributed by atoms with E-state index in [4.69, 9.17) is 4.98 Å².